The number of nitrogens with one attached hydrogen (secondary N) is 1. The van der Waals surface area contributed by atoms with Crippen molar-refractivity contribution in [1.82, 2.24) is 15.2 Å². The molecule has 0 fully saturated rings. The summed E-state index contributed by atoms with van der Waals surface area (Å²) in [5.74, 6) is 1.19. The predicted molar refractivity (Wildman–Crippen MR) is 47.4 cm³/mol. The molecule has 0 aliphatic heterocycles. The fourth-order valence-corrected chi connectivity index (χ4v) is 1.04. The molecule has 1 aromatic rings. The van der Waals surface area contributed by atoms with E-state index in [1.165, 1.54) is 0 Å². The Balaban J connectivity index is 2.15. The van der Waals surface area contributed by atoms with E-state index < -0.39 is 0 Å². The molecule has 1 rings (SSSR count). The maximum absolute atomic E-state index is 5.36. The molecule has 0 aromatic carbocycles. The van der Waals surface area contributed by atoms with Crippen LogP contribution >= 0.6 is 0 Å². The molecule has 0 saturated carbocycles. The van der Waals surface area contributed by atoms with E-state index in [-0.39, 0.29) is 0 Å². The Morgan fingerprint density at radius 3 is 2.67 bits per heavy atom. The molecule has 5 nitrogen and oxygen atoms in total. The first-order valence-electron chi connectivity index (χ1n) is 4.19. The van der Waals surface area contributed by atoms with Crippen LogP contribution in [0.15, 0.2) is 0 Å². The number of aryl methyl sites for hydroxylation is 1. The summed E-state index contributed by atoms with van der Waals surface area (Å²) in [5, 5.41) is 6.50. The number of hydrogen-bond acceptors (Lipinski definition) is 4. The van der Waals surface area contributed by atoms with Gasteiger partial charge in [-0.05, 0) is 19.4 Å². The average Bonchev–Trinajstić information content (AvgIpc) is 2.45. The number of rotatable bonds is 5. The van der Waals surface area contributed by atoms with Crippen LogP contribution in [0.4, 0.5) is 5.95 Å². The van der Waals surface area contributed by atoms with Gasteiger partial charge in [-0.2, -0.15) is 4.98 Å². The minimum Gasteiger partial charge on any atom is -0.367 e. The summed E-state index contributed by atoms with van der Waals surface area (Å²) in [4.78, 5) is 3.99. The smallest absolute Gasteiger partial charge is 0.239 e. The Bertz CT molecular complexity index is 219. The van der Waals surface area contributed by atoms with Crippen molar-refractivity contribution < 1.29 is 0 Å². The van der Waals surface area contributed by atoms with E-state index >= 15 is 0 Å². The number of nitrogens with two attached hydrogens (primary N) is 2. The first-order chi connectivity index (χ1) is 5.83. The molecule has 12 heavy (non-hydrogen) atoms. The lowest BCUT2D eigenvalue weighted by Crippen LogP contribution is -1.98. The maximum atomic E-state index is 5.36. The molecule has 0 bridgehead atoms. The zero-order valence-corrected chi connectivity index (χ0v) is 7.08. The number of aromatic nitrogens is 3. The zero-order valence-electron chi connectivity index (χ0n) is 7.08. The molecule has 0 aliphatic rings. The molecule has 0 unspecified atom stereocenters. The van der Waals surface area contributed by atoms with Crippen LogP contribution in [0.1, 0.15) is 25.1 Å². The van der Waals surface area contributed by atoms with Crippen LogP contribution in [0.5, 0.6) is 0 Å². The largest absolute Gasteiger partial charge is 0.367 e. The van der Waals surface area contributed by atoms with Crippen molar-refractivity contribution in [2.75, 3.05) is 12.3 Å². The van der Waals surface area contributed by atoms with Crippen LogP contribution < -0.4 is 11.5 Å². The lowest BCUT2D eigenvalue weighted by atomic mass is 10.2. The van der Waals surface area contributed by atoms with Gasteiger partial charge in [0.25, 0.3) is 0 Å². The van der Waals surface area contributed by atoms with Crippen LogP contribution in [0.3, 0.4) is 0 Å². The third-order valence-corrected chi connectivity index (χ3v) is 1.67. The van der Waals surface area contributed by atoms with E-state index in [9.17, 15) is 0 Å². The highest BCUT2D eigenvalue weighted by Crippen LogP contribution is 2.01. The third kappa shape index (κ3) is 2.87. The highest BCUT2D eigenvalue weighted by Gasteiger charge is 1.97. The zero-order chi connectivity index (χ0) is 8.81. The van der Waals surface area contributed by atoms with E-state index in [1.807, 2.05) is 0 Å². The predicted octanol–water partition coefficient (Wildman–Crippen LogP) is 0.0584. The molecule has 0 amide bonds. The molecule has 0 spiro atoms. The van der Waals surface area contributed by atoms with Gasteiger partial charge in [-0.1, -0.05) is 6.42 Å². The van der Waals surface area contributed by atoms with Gasteiger partial charge in [0, 0.05) is 6.42 Å². The van der Waals surface area contributed by atoms with Crippen LogP contribution in [-0.4, -0.2) is 21.7 Å². The molecular weight excluding hydrogens is 154 g/mol. The van der Waals surface area contributed by atoms with Gasteiger partial charge >= 0.3 is 0 Å². The Kier molecular flexibility index (Phi) is 3.53. The summed E-state index contributed by atoms with van der Waals surface area (Å²) in [6, 6.07) is 0. The SMILES string of the molecule is NCCCCCc1nc(N)n[nH]1. The summed E-state index contributed by atoms with van der Waals surface area (Å²) in [6.45, 7) is 0.762. The van der Waals surface area contributed by atoms with Crippen LogP contribution in [0.25, 0.3) is 0 Å². The second-order valence-corrected chi connectivity index (χ2v) is 2.74. The number of nitrogen functional groups attached to an aromatic ring is 1. The Morgan fingerprint density at radius 2 is 2.08 bits per heavy atom. The second kappa shape index (κ2) is 4.71. The fourth-order valence-electron chi connectivity index (χ4n) is 1.04. The highest BCUT2D eigenvalue weighted by atomic mass is 15.3. The Hall–Kier alpha value is -1.10. The quantitative estimate of drug-likeness (QED) is 0.543. The van der Waals surface area contributed by atoms with Gasteiger partial charge in [0.1, 0.15) is 5.82 Å². The normalized spacial score (nSPS) is 10.4. The second-order valence-electron chi connectivity index (χ2n) is 2.74. The Morgan fingerprint density at radius 1 is 1.25 bits per heavy atom. The monoisotopic (exact) mass is 169 g/mol. The average molecular weight is 169 g/mol. The number of anilines is 1. The molecular formula is C7H15N5. The number of hydrogen-bond donors (Lipinski definition) is 3. The highest BCUT2D eigenvalue weighted by molar-refractivity contribution is 5.12. The summed E-state index contributed by atoms with van der Waals surface area (Å²) < 4.78 is 0. The maximum Gasteiger partial charge on any atom is 0.239 e. The molecule has 0 saturated heterocycles. The molecule has 0 radical (unpaired) electrons. The summed E-state index contributed by atoms with van der Waals surface area (Å²) in [7, 11) is 0. The minimum atomic E-state index is 0.323. The van der Waals surface area contributed by atoms with Gasteiger partial charge in [-0.15, -0.1) is 5.10 Å². The van der Waals surface area contributed by atoms with Crippen LogP contribution in [0, 0.1) is 0 Å². The van der Waals surface area contributed by atoms with Gasteiger partial charge in [0.05, 0.1) is 0 Å². The first kappa shape index (κ1) is 8.99. The van der Waals surface area contributed by atoms with Crippen molar-refractivity contribution in [3.8, 4) is 0 Å². The molecule has 5 N–H and O–H groups in total. The van der Waals surface area contributed by atoms with E-state index in [0.717, 1.165) is 38.1 Å². The Labute approximate surface area is 71.6 Å². The van der Waals surface area contributed by atoms with Crippen molar-refractivity contribution in [2.24, 2.45) is 5.73 Å². The van der Waals surface area contributed by atoms with E-state index in [0.29, 0.717) is 5.95 Å². The minimum absolute atomic E-state index is 0.323. The lowest BCUT2D eigenvalue weighted by molar-refractivity contribution is 0.670. The van der Waals surface area contributed by atoms with Gasteiger partial charge in [-0.3, -0.25) is 5.10 Å². The molecule has 1 heterocycles. The van der Waals surface area contributed by atoms with Gasteiger partial charge in [-0.25, -0.2) is 0 Å². The van der Waals surface area contributed by atoms with Crippen molar-refractivity contribution in [3.63, 3.8) is 0 Å². The molecule has 0 atom stereocenters. The van der Waals surface area contributed by atoms with Gasteiger partial charge in [0.2, 0.25) is 5.95 Å². The summed E-state index contributed by atoms with van der Waals surface area (Å²) in [5.41, 5.74) is 10.7. The van der Waals surface area contributed by atoms with Crippen molar-refractivity contribution in [2.45, 2.75) is 25.7 Å². The van der Waals surface area contributed by atoms with Crippen LogP contribution in [-0.2, 0) is 6.42 Å². The lowest BCUT2D eigenvalue weighted by Gasteiger charge is -1.95. The topological polar surface area (TPSA) is 93.6 Å². The molecule has 0 aliphatic carbocycles. The number of H-pyrrole nitrogens is 1. The van der Waals surface area contributed by atoms with Gasteiger partial charge in [0.15, 0.2) is 0 Å². The molecule has 1 aromatic heterocycles. The number of aromatic amines is 1. The van der Waals surface area contributed by atoms with Crippen molar-refractivity contribution in [1.29, 1.82) is 0 Å². The van der Waals surface area contributed by atoms with Gasteiger partial charge < -0.3 is 11.5 Å². The summed E-state index contributed by atoms with van der Waals surface area (Å²) >= 11 is 0. The van der Waals surface area contributed by atoms with Crippen LogP contribution in [0.2, 0.25) is 0 Å². The first-order valence-corrected chi connectivity index (χ1v) is 4.19. The van der Waals surface area contributed by atoms with Crippen molar-refractivity contribution in [3.05, 3.63) is 5.82 Å². The fraction of sp³-hybridized carbons (Fsp3) is 0.714. The molecule has 68 valence electrons. The van der Waals surface area contributed by atoms with E-state index in [2.05, 4.69) is 15.2 Å². The summed E-state index contributed by atoms with van der Waals surface area (Å²) in [6.07, 6.45) is 4.21. The number of nitrogens with zero attached hydrogens (tertiary/aromatic N) is 2. The van der Waals surface area contributed by atoms with E-state index in [1.54, 1.807) is 0 Å². The third-order valence-electron chi connectivity index (χ3n) is 1.67. The number of unbranched alkanes of at least 4 members (excludes halogenated alkanes) is 2. The van der Waals surface area contributed by atoms with E-state index in [4.69, 9.17) is 11.5 Å². The molecule has 5 heteroatoms. The standard InChI is InChI=1S/C7H15N5/c8-5-3-1-2-4-6-10-7(9)12-11-6/h1-5,8H2,(H3,9,10,11,12). The van der Waals surface area contributed by atoms with Crippen molar-refractivity contribution >= 4 is 5.95 Å².